The molecule has 0 saturated heterocycles. The minimum atomic E-state index is -0.930. The summed E-state index contributed by atoms with van der Waals surface area (Å²) in [5, 5.41) is 14.6. The van der Waals surface area contributed by atoms with Crippen molar-refractivity contribution in [3.8, 4) is 0 Å². The molecular weight excluding hydrogens is 264 g/mol. The number of pyridine rings is 1. The molecule has 0 amide bonds. The van der Waals surface area contributed by atoms with Crippen LogP contribution in [0.25, 0.3) is 10.8 Å². The number of carbonyl (C=O) groups is 1. The van der Waals surface area contributed by atoms with E-state index in [0.29, 0.717) is 12.2 Å². The molecule has 2 aromatic carbocycles. The van der Waals surface area contributed by atoms with Crippen LogP contribution in [-0.4, -0.2) is 16.1 Å². The lowest BCUT2D eigenvalue weighted by atomic mass is 10.1. The predicted octanol–water partition coefficient (Wildman–Crippen LogP) is 3.55. The third kappa shape index (κ3) is 2.69. The van der Waals surface area contributed by atoms with Crippen molar-refractivity contribution in [3.63, 3.8) is 0 Å². The first-order chi connectivity index (χ1) is 10.3. The fraction of sp³-hybridized carbons (Fsp3) is 0.0588. The van der Waals surface area contributed by atoms with Crippen molar-refractivity contribution in [1.29, 1.82) is 0 Å². The number of carboxylic acids is 1. The second-order valence-electron chi connectivity index (χ2n) is 4.72. The van der Waals surface area contributed by atoms with Crippen LogP contribution in [-0.2, 0) is 6.54 Å². The lowest BCUT2D eigenvalue weighted by Crippen LogP contribution is -2.06. The molecule has 4 nitrogen and oxygen atoms in total. The largest absolute Gasteiger partial charge is 0.478 e. The molecule has 0 saturated carbocycles. The van der Waals surface area contributed by atoms with Crippen molar-refractivity contribution in [3.05, 3.63) is 72.1 Å². The van der Waals surface area contributed by atoms with Crippen molar-refractivity contribution in [2.75, 3.05) is 5.32 Å². The first kappa shape index (κ1) is 13.1. The zero-order chi connectivity index (χ0) is 14.7. The number of hydrogen-bond donors (Lipinski definition) is 2. The fourth-order valence-corrected chi connectivity index (χ4v) is 2.36. The Kier molecular flexibility index (Phi) is 3.51. The SMILES string of the molecule is O=C(O)c1ccccc1NCc1cccc2cnccc12. The Hall–Kier alpha value is -2.88. The van der Waals surface area contributed by atoms with E-state index >= 15 is 0 Å². The van der Waals surface area contributed by atoms with Gasteiger partial charge in [0.1, 0.15) is 0 Å². The van der Waals surface area contributed by atoms with Gasteiger partial charge in [-0.15, -0.1) is 0 Å². The van der Waals surface area contributed by atoms with Gasteiger partial charge >= 0.3 is 5.97 Å². The van der Waals surface area contributed by atoms with Gasteiger partial charge in [0.2, 0.25) is 0 Å². The van der Waals surface area contributed by atoms with Crippen LogP contribution < -0.4 is 5.32 Å². The summed E-state index contributed by atoms with van der Waals surface area (Å²) in [5.74, 6) is -0.930. The molecule has 0 aliphatic carbocycles. The maximum atomic E-state index is 11.2. The summed E-state index contributed by atoms with van der Waals surface area (Å²) in [7, 11) is 0. The summed E-state index contributed by atoms with van der Waals surface area (Å²) in [6.07, 6.45) is 3.58. The van der Waals surface area contributed by atoms with E-state index in [1.807, 2.05) is 36.5 Å². The number of carboxylic acid groups (broad SMARTS) is 1. The molecule has 0 aliphatic rings. The molecule has 0 bridgehead atoms. The van der Waals surface area contributed by atoms with Crippen molar-refractivity contribution < 1.29 is 9.90 Å². The zero-order valence-corrected chi connectivity index (χ0v) is 11.3. The van der Waals surface area contributed by atoms with E-state index in [4.69, 9.17) is 0 Å². The summed E-state index contributed by atoms with van der Waals surface area (Å²) < 4.78 is 0. The lowest BCUT2D eigenvalue weighted by Gasteiger charge is -2.11. The molecule has 104 valence electrons. The van der Waals surface area contributed by atoms with Gasteiger partial charge in [-0.3, -0.25) is 4.98 Å². The third-order valence-electron chi connectivity index (χ3n) is 3.40. The highest BCUT2D eigenvalue weighted by molar-refractivity contribution is 5.94. The van der Waals surface area contributed by atoms with Crippen LogP contribution in [0.5, 0.6) is 0 Å². The Morgan fingerprint density at radius 3 is 2.81 bits per heavy atom. The van der Waals surface area contributed by atoms with Gasteiger partial charge in [0.15, 0.2) is 0 Å². The highest BCUT2D eigenvalue weighted by Gasteiger charge is 2.09. The number of nitrogens with zero attached hydrogens (tertiary/aromatic N) is 1. The lowest BCUT2D eigenvalue weighted by molar-refractivity contribution is 0.0698. The van der Waals surface area contributed by atoms with Crippen molar-refractivity contribution in [2.24, 2.45) is 0 Å². The van der Waals surface area contributed by atoms with Crippen LogP contribution >= 0.6 is 0 Å². The van der Waals surface area contributed by atoms with E-state index in [1.54, 1.807) is 24.4 Å². The zero-order valence-electron chi connectivity index (χ0n) is 11.3. The third-order valence-corrected chi connectivity index (χ3v) is 3.40. The monoisotopic (exact) mass is 278 g/mol. The quantitative estimate of drug-likeness (QED) is 0.766. The van der Waals surface area contributed by atoms with Crippen LogP contribution in [0.15, 0.2) is 60.9 Å². The van der Waals surface area contributed by atoms with E-state index in [9.17, 15) is 9.90 Å². The first-order valence-corrected chi connectivity index (χ1v) is 6.63. The molecule has 21 heavy (non-hydrogen) atoms. The summed E-state index contributed by atoms with van der Waals surface area (Å²) in [5.41, 5.74) is 2.01. The van der Waals surface area contributed by atoms with Crippen molar-refractivity contribution >= 4 is 22.4 Å². The molecule has 0 fully saturated rings. The summed E-state index contributed by atoms with van der Waals surface area (Å²) >= 11 is 0. The molecule has 3 aromatic rings. The van der Waals surface area contributed by atoms with E-state index < -0.39 is 5.97 Å². The van der Waals surface area contributed by atoms with Crippen LogP contribution in [0.3, 0.4) is 0 Å². The van der Waals surface area contributed by atoms with Crippen LogP contribution in [0.1, 0.15) is 15.9 Å². The number of rotatable bonds is 4. The topological polar surface area (TPSA) is 62.2 Å². The van der Waals surface area contributed by atoms with E-state index in [0.717, 1.165) is 16.3 Å². The Bertz CT molecular complexity index is 794. The van der Waals surface area contributed by atoms with Gasteiger partial charge in [-0.05, 0) is 29.1 Å². The highest BCUT2D eigenvalue weighted by Crippen LogP contribution is 2.20. The molecule has 0 spiro atoms. The maximum absolute atomic E-state index is 11.2. The Morgan fingerprint density at radius 1 is 1.10 bits per heavy atom. The number of fused-ring (bicyclic) bond motifs is 1. The molecule has 0 radical (unpaired) electrons. The van der Waals surface area contributed by atoms with Crippen LogP contribution in [0, 0.1) is 0 Å². The second kappa shape index (κ2) is 5.63. The number of para-hydroxylation sites is 1. The molecule has 0 aliphatic heterocycles. The van der Waals surface area contributed by atoms with Crippen molar-refractivity contribution in [2.45, 2.75) is 6.54 Å². The standard InChI is InChI=1S/C17H14N2O2/c20-17(21)15-6-1-2-7-16(15)19-11-13-5-3-4-12-10-18-9-8-14(12)13/h1-10,19H,11H2,(H,20,21). The van der Waals surface area contributed by atoms with E-state index in [2.05, 4.69) is 10.3 Å². The number of aromatic nitrogens is 1. The molecule has 3 rings (SSSR count). The average molecular weight is 278 g/mol. The van der Waals surface area contributed by atoms with Gasteiger partial charge in [-0.2, -0.15) is 0 Å². The molecule has 4 heteroatoms. The van der Waals surface area contributed by atoms with Gasteiger partial charge in [0.05, 0.1) is 5.56 Å². The number of hydrogen-bond acceptors (Lipinski definition) is 3. The molecule has 0 unspecified atom stereocenters. The molecular formula is C17H14N2O2. The first-order valence-electron chi connectivity index (χ1n) is 6.63. The summed E-state index contributed by atoms with van der Waals surface area (Å²) in [6.45, 7) is 0.561. The molecule has 2 N–H and O–H groups in total. The normalized spacial score (nSPS) is 10.5. The minimum absolute atomic E-state index is 0.277. The van der Waals surface area contributed by atoms with Gasteiger partial charge in [-0.25, -0.2) is 4.79 Å². The number of anilines is 1. The number of benzene rings is 2. The summed E-state index contributed by atoms with van der Waals surface area (Å²) in [4.78, 5) is 15.3. The van der Waals surface area contributed by atoms with E-state index in [-0.39, 0.29) is 5.56 Å². The van der Waals surface area contributed by atoms with E-state index in [1.165, 1.54) is 0 Å². The van der Waals surface area contributed by atoms with Gasteiger partial charge in [0.25, 0.3) is 0 Å². The Labute approximate surface area is 122 Å². The molecule has 1 heterocycles. The number of aromatic carboxylic acids is 1. The molecule has 1 aromatic heterocycles. The Morgan fingerprint density at radius 2 is 1.95 bits per heavy atom. The smallest absolute Gasteiger partial charge is 0.337 e. The summed E-state index contributed by atoms with van der Waals surface area (Å²) in [6, 6.07) is 14.9. The van der Waals surface area contributed by atoms with Crippen LogP contribution in [0.4, 0.5) is 5.69 Å². The number of nitrogens with one attached hydrogen (secondary N) is 1. The van der Waals surface area contributed by atoms with Crippen LogP contribution in [0.2, 0.25) is 0 Å². The van der Waals surface area contributed by atoms with Gasteiger partial charge in [-0.1, -0.05) is 30.3 Å². The maximum Gasteiger partial charge on any atom is 0.337 e. The van der Waals surface area contributed by atoms with Gasteiger partial charge < -0.3 is 10.4 Å². The fourth-order valence-electron chi connectivity index (χ4n) is 2.36. The highest BCUT2D eigenvalue weighted by atomic mass is 16.4. The molecule has 0 atom stereocenters. The second-order valence-corrected chi connectivity index (χ2v) is 4.72. The van der Waals surface area contributed by atoms with Gasteiger partial charge in [0, 0.05) is 30.0 Å². The minimum Gasteiger partial charge on any atom is -0.478 e. The van der Waals surface area contributed by atoms with Crippen molar-refractivity contribution in [1.82, 2.24) is 4.98 Å². The average Bonchev–Trinajstić information content (AvgIpc) is 2.53. The predicted molar refractivity (Wildman–Crippen MR) is 82.5 cm³/mol. The Balaban J connectivity index is 1.89.